The molecule has 0 saturated carbocycles. The van der Waals surface area contributed by atoms with E-state index in [-0.39, 0.29) is 6.29 Å². The van der Waals surface area contributed by atoms with Gasteiger partial charge in [-0.15, -0.1) is 0 Å². The van der Waals surface area contributed by atoms with E-state index in [0.29, 0.717) is 5.75 Å². The number of halogens is 1. The second kappa shape index (κ2) is 7.81. The third-order valence-corrected chi connectivity index (χ3v) is 10.4. The normalized spacial score (nSPS) is 18.4. The van der Waals surface area contributed by atoms with Gasteiger partial charge in [-0.05, 0) is 0 Å². The Kier molecular flexibility index (Phi) is 5.75. The van der Waals surface area contributed by atoms with Crippen molar-refractivity contribution in [3.8, 4) is 5.75 Å². The molecule has 1 unspecified atom stereocenters. The first kappa shape index (κ1) is 17.7. The zero-order valence-electron chi connectivity index (χ0n) is 13.2. The molecule has 0 N–H and O–H groups in total. The third kappa shape index (κ3) is 4.92. The molecule has 1 atom stereocenters. The molecule has 0 aliphatic carbocycles. The van der Waals surface area contributed by atoms with Crippen molar-refractivity contribution in [2.45, 2.75) is 19.1 Å². The Morgan fingerprint density at radius 1 is 1.04 bits per heavy atom. The fourth-order valence-corrected chi connectivity index (χ4v) is 8.64. The number of hydrogen-bond donors (Lipinski definition) is 0. The van der Waals surface area contributed by atoms with Gasteiger partial charge in [-0.2, -0.15) is 0 Å². The molecule has 0 spiro atoms. The van der Waals surface area contributed by atoms with E-state index in [4.69, 9.17) is 12.0 Å². The minimum atomic E-state index is -3.53. The van der Waals surface area contributed by atoms with Crippen LogP contribution in [-0.2, 0) is 17.4 Å². The van der Waals surface area contributed by atoms with E-state index in [9.17, 15) is 8.42 Å². The van der Waals surface area contributed by atoms with Crippen LogP contribution in [0, 0.1) is 7.14 Å². The van der Waals surface area contributed by atoms with Crippen molar-refractivity contribution < 1.29 is 20.4 Å². The van der Waals surface area contributed by atoms with Gasteiger partial charge in [0.15, 0.2) is 0 Å². The van der Waals surface area contributed by atoms with E-state index < -0.39 is 30.4 Å². The molecule has 24 heavy (non-hydrogen) atoms. The average Bonchev–Trinajstić information content (AvgIpc) is 3.07. The van der Waals surface area contributed by atoms with Crippen LogP contribution in [0.15, 0.2) is 54.6 Å². The second-order valence-electron chi connectivity index (χ2n) is 5.33. The average molecular weight is 462 g/mol. The van der Waals surface area contributed by atoms with Gasteiger partial charge in [0.25, 0.3) is 0 Å². The maximum absolute atomic E-state index is 11.7. The van der Waals surface area contributed by atoms with Crippen molar-refractivity contribution in [3.05, 3.63) is 61.7 Å². The molecule has 5 nitrogen and oxygen atoms in total. The molecular formula is C17H19IO5S. The summed E-state index contributed by atoms with van der Waals surface area (Å²) in [6, 6.07) is 16.9. The van der Waals surface area contributed by atoms with Crippen molar-refractivity contribution in [2.75, 3.05) is 12.9 Å². The summed E-state index contributed by atoms with van der Waals surface area (Å²) < 4.78 is 41.8. The molecule has 0 aromatic heterocycles. The zero-order chi connectivity index (χ0) is 17.0. The molecule has 1 aliphatic heterocycles. The molecule has 7 heteroatoms. The molecule has 1 fully saturated rings. The summed E-state index contributed by atoms with van der Waals surface area (Å²) in [6.45, 7) is 0.731. The summed E-state index contributed by atoms with van der Waals surface area (Å²) in [5, 5.41) is 0. The molecule has 1 saturated heterocycles. The summed E-state index contributed by atoms with van der Waals surface area (Å²) >= 11 is -2.52. The molecule has 0 bridgehead atoms. The number of benzene rings is 2. The molecule has 0 radical (unpaired) electrons. The minimum absolute atomic E-state index is 0.188. The Bertz CT molecular complexity index is 755. The first-order chi connectivity index (χ1) is 11.5. The quantitative estimate of drug-likeness (QED) is 0.614. The van der Waals surface area contributed by atoms with Gasteiger partial charge < -0.3 is 0 Å². The summed E-state index contributed by atoms with van der Waals surface area (Å²) in [5.74, 6) is 0.717. The first-order valence-electron chi connectivity index (χ1n) is 7.55. The molecule has 0 amide bonds. The van der Waals surface area contributed by atoms with Crippen LogP contribution in [-0.4, -0.2) is 27.6 Å². The Morgan fingerprint density at radius 3 is 2.29 bits per heavy atom. The SMILES string of the molecule is CS(=O)(=O)OI(c1ccccc1)c1ccc(OC2CCCO2)cc1. The van der Waals surface area contributed by atoms with Crippen LogP contribution in [0.4, 0.5) is 0 Å². The fourth-order valence-electron chi connectivity index (χ4n) is 2.26. The van der Waals surface area contributed by atoms with Crippen LogP contribution in [0.1, 0.15) is 12.8 Å². The van der Waals surface area contributed by atoms with Crippen LogP contribution in [0.3, 0.4) is 0 Å². The first-order valence-corrected chi connectivity index (χ1v) is 12.4. The number of hydrogen-bond acceptors (Lipinski definition) is 5. The van der Waals surface area contributed by atoms with Gasteiger partial charge in [0, 0.05) is 0 Å². The van der Waals surface area contributed by atoms with Gasteiger partial charge in [-0.1, -0.05) is 0 Å². The molecule has 130 valence electrons. The predicted octanol–water partition coefficient (Wildman–Crippen LogP) is 3.64. The van der Waals surface area contributed by atoms with Crippen molar-refractivity contribution in [2.24, 2.45) is 0 Å². The summed E-state index contributed by atoms with van der Waals surface area (Å²) in [5.41, 5.74) is 0. The number of ether oxygens (including phenoxy) is 2. The summed E-state index contributed by atoms with van der Waals surface area (Å²) in [6.07, 6.45) is 2.80. The third-order valence-electron chi connectivity index (χ3n) is 3.28. The van der Waals surface area contributed by atoms with Crippen LogP contribution in [0.25, 0.3) is 0 Å². The Morgan fingerprint density at radius 2 is 1.71 bits per heavy atom. The number of rotatable bonds is 6. The van der Waals surface area contributed by atoms with Crippen LogP contribution < -0.4 is 4.74 Å². The molecule has 2 aromatic carbocycles. The van der Waals surface area contributed by atoms with E-state index in [1.807, 2.05) is 54.6 Å². The van der Waals surface area contributed by atoms with E-state index in [0.717, 1.165) is 32.8 Å². The standard InChI is InChI=1S/C17H19IO5S/c1-24(19,20)23-18(14-6-3-2-4-7-14)15-9-11-16(12-10-15)22-17-8-5-13-21-17/h2-4,6-7,9-12,17H,5,8,13H2,1H3. The van der Waals surface area contributed by atoms with Gasteiger partial charge in [-0.3, -0.25) is 0 Å². The maximum atomic E-state index is 11.7. The molecule has 3 rings (SSSR count). The van der Waals surface area contributed by atoms with Crippen molar-refractivity contribution in [3.63, 3.8) is 0 Å². The topological polar surface area (TPSA) is 61.8 Å². The second-order valence-corrected chi connectivity index (χ2v) is 11.9. The summed E-state index contributed by atoms with van der Waals surface area (Å²) in [7, 11) is -3.53. The monoisotopic (exact) mass is 462 g/mol. The Labute approximate surface area is 150 Å². The Hall–Kier alpha value is -1.16. The van der Waals surface area contributed by atoms with E-state index >= 15 is 0 Å². The Balaban J connectivity index is 1.81. The van der Waals surface area contributed by atoms with Gasteiger partial charge in [0.1, 0.15) is 0 Å². The molecule has 1 aliphatic rings. The van der Waals surface area contributed by atoms with Crippen molar-refractivity contribution in [1.82, 2.24) is 0 Å². The predicted molar refractivity (Wildman–Crippen MR) is 99.8 cm³/mol. The van der Waals surface area contributed by atoms with Crippen molar-refractivity contribution >= 4 is 30.4 Å². The van der Waals surface area contributed by atoms with E-state index in [1.165, 1.54) is 0 Å². The van der Waals surface area contributed by atoms with Crippen molar-refractivity contribution in [1.29, 1.82) is 0 Å². The van der Waals surface area contributed by atoms with Crippen LogP contribution >= 0.6 is 20.2 Å². The zero-order valence-corrected chi connectivity index (χ0v) is 16.2. The van der Waals surface area contributed by atoms with Crippen LogP contribution in [0.5, 0.6) is 5.75 Å². The van der Waals surface area contributed by atoms with Gasteiger partial charge in [-0.25, -0.2) is 0 Å². The van der Waals surface area contributed by atoms with E-state index in [1.54, 1.807) is 0 Å². The van der Waals surface area contributed by atoms with Gasteiger partial charge in [0.05, 0.1) is 0 Å². The van der Waals surface area contributed by atoms with E-state index in [2.05, 4.69) is 0 Å². The molecule has 1 heterocycles. The molecule has 2 aromatic rings. The van der Waals surface area contributed by atoms with Crippen LogP contribution in [0.2, 0.25) is 0 Å². The van der Waals surface area contributed by atoms with Gasteiger partial charge in [0.2, 0.25) is 0 Å². The van der Waals surface area contributed by atoms with Gasteiger partial charge >= 0.3 is 150 Å². The fraction of sp³-hybridized carbons (Fsp3) is 0.294. The molecular weight excluding hydrogens is 443 g/mol. The summed E-state index contributed by atoms with van der Waals surface area (Å²) in [4.78, 5) is 0.